The lowest BCUT2D eigenvalue weighted by molar-refractivity contribution is -0.256. The van der Waals surface area contributed by atoms with Crippen molar-refractivity contribution in [3.8, 4) is 0 Å². The Morgan fingerprint density at radius 2 is 1.79 bits per heavy atom. The number of para-hydroxylation sites is 1. The van der Waals surface area contributed by atoms with Gasteiger partial charge in [-0.1, -0.05) is 30.3 Å². The van der Waals surface area contributed by atoms with Crippen LogP contribution in [0.2, 0.25) is 0 Å². The maximum absolute atomic E-state index is 12.8. The number of carbonyl (C=O) groups excluding carboxylic acids is 1. The second-order valence-electron chi connectivity index (χ2n) is 6.74. The highest BCUT2D eigenvalue weighted by Crippen LogP contribution is 2.31. The highest BCUT2D eigenvalue weighted by atomic mass is 19.4. The average molecular weight is 406 g/mol. The molecule has 1 atom stereocenters. The molecule has 154 valence electrons. The van der Waals surface area contributed by atoms with Crippen LogP contribution in [0.1, 0.15) is 22.4 Å². The van der Waals surface area contributed by atoms with E-state index in [9.17, 15) is 18.0 Å². The molecule has 0 saturated heterocycles. The van der Waals surface area contributed by atoms with Gasteiger partial charge in [0.2, 0.25) is 0 Å². The zero-order chi connectivity index (χ0) is 21.2. The number of rotatable bonds is 6. The molecular weight excluding hydrogens is 385 g/mol. The first-order valence-corrected chi connectivity index (χ1v) is 8.95. The Kier molecular flexibility index (Phi) is 5.95. The summed E-state index contributed by atoms with van der Waals surface area (Å²) < 4.78 is 40.4. The van der Waals surface area contributed by atoms with Crippen LogP contribution in [0.25, 0.3) is 10.9 Å². The van der Waals surface area contributed by atoms with E-state index in [0.29, 0.717) is 6.54 Å². The molecule has 0 saturated carbocycles. The minimum atomic E-state index is -4.37. The molecule has 0 fully saturated rings. The van der Waals surface area contributed by atoms with Gasteiger partial charge in [-0.25, -0.2) is 4.79 Å². The molecular formula is C21H21F3N2O3. The summed E-state index contributed by atoms with van der Waals surface area (Å²) in [7, 11) is 1.23. The van der Waals surface area contributed by atoms with Gasteiger partial charge in [0.15, 0.2) is 0 Å². The topological polar surface area (TPSA) is 66.5 Å². The van der Waals surface area contributed by atoms with Crippen molar-refractivity contribution in [2.75, 3.05) is 7.11 Å². The molecule has 2 aromatic carbocycles. The van der Waals surface area contributed by atoms with Crippen LogP contribution in [0.3, 0.4) is 0 Å². The minimum absolute atomic E-state index is 0.245. The van der Waals surface area contributed by atoms with Crippen molar-refractivity contribution in [2.45, 2.75) is 32.1 Å². The van der Waals surface area contributed by atoms with Gasteiger partial charge in [0.1, 0.15) is 6.04 Å². The number of nitrogens with zero attached hydrogens (tertiary/aromatic N) is 1. The Morgan fingerprint density at radius 3 is 2.41 bits per heavy atom. The van der Waals surface area contributed by atoms with Crippen molar-refractivity contribution in [2.24, 2.45) is 5.73 Å². The van der Waals surface area contributed by atoms with Crippen LogP contribution in [-0.2, 0) is 33.7 Å². The van der Waals surface area contributed by atoms with Crippen molar-refractivity contribution < 1.29 is 27.7 Å². The van der Waals surface area contributed by atoms with Gasteiger partial charge >= 0.3 is 12.1 Å². The van der Waals surface area contributed by atoms with Crippen molar-refractivity contribution >= 4 is 16.9 Å². The van der Waals surface area contributed by atoms with E-state index in [1.165, 1.54) is 19.2 Å². The Balaban J connectivity index is 1.95. The fourth-order valence-electron chi connectivity index (χ4n) is 3.39. The van der Waals surface area contributed by atoms with Crippen LogP contribution in [0.15, 0.2) is 48.5 Å². The Labute approximate surface area is 165 Å². The number of benzene rings is 2. The van der Waals surface area contributed by atoms with Crippen LogP contribution in [-0.4, -0.2) is 23.7 Å². The first kappa shape index (κ1) is 20.9. The highest BCUT2D eigenvalue weighted by molar-refractivity contribution is 5.87. The van der Waals surface area contributed by atoms with Crippen LogP contribution >= 0.6 is 0 Å². The summed E-state index contributed by atoms with van der Waals surface area (Å²) in [5.74, 6) is -0.675. The van der Waals surface area contributed by atoms with Gasteiger partial charge in [-0.3, -0.25) is 4.89 Å². The molecule has 0 aliphatic heterocycles. The Hall–Kier alpha value is -2.84. The lowest BCUT2D eigenvalue weighted by atomic mass is 10.0. The van der Waals surface area contributed by atoms with E-state index in [1.807, 2.05) is 35.8 Å². The SMILES string of the molecule is COOC(=O)[C@@H](N)Cc1c(C)n(Cc2ccc(C(F)(F)F)cc2)c2ccccc12. The predicted molar refractivity (Wildman–Crippen MR) is 102 cm³/mol. The first-order valence-electron chi connectivity index (χ1n) is 8.95. The van der Waals surface area contributed by atoms with Crippen LogP contribution in [0.5, 0.6) is 0 Å². The molecule has 8 heteroatoms. The molecule has 0 spiro atoms. The number of halogens is 3. The average Bonchev–Trinajstić information content (AvgIpc) is 2.94. The van der Waals surface area contributed by atoms with Gasteiger partial charge in [0.25, 0.3) is 0 Å². The second kappa shape index (κ2) is 8.26. The maximum Gasteiger partial charge on any atom is 0.416 e. The summed E-state index contributed by atoms with van der Waals surface area (Å²) in [5, 5.41) is 0.928. The fourth-order valence-corrected chi connectivity index (χ4v) is 3.39. The summed E-state index contributed by atoms with van der Waals surface area (Å²) in [6, 6.07) is 11.8. The second-order valence-corrected chi connectivity index (χ2v) is 6.74. The van der Waals surface area contributed by atoms with E-state index in [0.717, 1.165) is 39.9 Å². The van der Waals surface area contributed by atoms with E-state index < -0.39 is 23.8 Å². The molecule has 1 aromatic heterocycles. The molecule has 5 nitrogen and oxygen atoms in total. The molecule has 0 amide bonds. The lowest BCUT2D eigenvalue weighted by Gasteiger charge is -2.12. The van der Waals surface area contributed by atoms with Gasteiger partial charge in [0.05, 0.1) is 12.7 Å². The van der Waals surface area contributed by atoms with E-state index in [1.54, 1.807) is 0 Å². The van der Waals surface area contributed by atoms with Crippen LogP contribution < -0.4 is 5.73 Å². The van der Waals surface area contributed by atoms with Gasteiger partial charge in [0, 0.05) is 29.6 Å². The van der Waals surface area contributed by atoms with Gasteiger partial charge < -0.3 is 10.3 Å². The Morgan fingerprint density at radius 1 is 1.14 bits per heavy atom. The largest absolute Gasteiger partial charge is 0.416 e. The molecule has 0 aliphatic carbocycles. The van der Waals surface area contributed by atoms with Gasteiger partial charge in [-0.05, 0) is 36.2 Å². The monoisotopic (exact) mass is 406 g/mol. The molecule has 1 heterocycles. The number of carbonyl (C=O) groups is 1. The standard InChI is InChI=1S/C21H21F3N2O3/c1-13-17(11-18(25)20(27)29-28-2)16-5-3-4-6-19(16)26(13)12-14-7-9-15(10-8-14)21(22,23)24/h3-10,18H,11-12,25H2,1-2H3/t18-/m0/s1. The highest BCUT2D eigenvalue weighted by Gasteiger charge is 2.30. The molecule has 3 aromatic rings. The zero-order valence-electron chi connectivity index (χ0n) is 16.0. The van der Waals surface area contributed by atoms with Crippen molar-refractivity contribution in [1.82, 2.24) is 4.57 Å². The predicted octanol–water partition coefficient (Wildman–Crippen LogP) is 3.99. The quantitative estimate of drug-likeness (QED) is 0.497. The van der Waals surface area contributed by atoms with E-state index in [-0.39, 0.29) is 6.42 Å². The van der Waals surface area contributed by atoms with Crippen LogP contribution in [0.4, 0.5) is 13.2 Å². The van der Waals surface area contributed by atoms with Crippen molar-refractivity contribution in [3.05, 3.63) is 70.9 Å². The number of nitrogens with two attached hydrogens (primary N) is 1. The van der Waals surface area contributed by atoms with Crippen LogP contribution in [0, 0.1) is 6.92 Å². The van der Waals surface area contributed by atoms with E-state index in [2.05, 4.69) is 9.78 Å². The van der Waals surface area contributed by atoms with Gasteiger partial charge in [-0.15, -0.1) is 0 Å². The number of hydrogen-bond donors (Lipinski definition) is 1. The van der Waals surface area contributed by atoms with Gasteiger partial charge in [-0.2, -0.15) is 18.1 Å². The zero-order valence-corrected chi connectivity index (χ0v) is 16.0. The van der Waals surface area contributed by atoms with E-state index in [4.69, 9.17) is 5.73 Å². The number of fused-ring (bicyclic) bond motifs is 1. The molecule has 0 aliphatic rings. The maximum atomic E-state index is 12.8. The summed E-state index contributed by atoms with van der Waals surface area (Å²) in [5.41, 5.74) is 8.67. The third-order valence-electron chi connectivity index (χ3n) is 4.88. The number of alkyl halides is 3. The molecule has 0 unspecified atom stereocenters. The third kappa shape index (κ3) is 4.44. The minimum Gasteiger partial charge on any atom is -0.340 e. The first-order chi connectivity index (χ1) is 13.7. The lowest BCUT2D eigenvalue weighted by Crippen LogP contribution is -2.34. The fraction of sp³-hybridized carbons (Fsp3) is 0.286. The summed E-state index contributed by atoms with van der Waals surface area (Å²) in [6.45, 7) is 2.29. The molecule has 0 bridgehead atoms. The smallest absolute Gasteiger partial charge is 0.340 e. The van der Waals surface area contributed by atoms with E-state index >= 15 is 0 Å². The molecule has 29 heavy (non-hydrogen) atoms. The number of aromatic nitrogens is 1. The molecule has 0 radical (unpaired) electrons. The molecule has 3 rings (SSSR count). The summed E-state index contributed by atoms with van der Waals surface area (Å²) in [6.07, 6.45) is -4.12. The van der Waals surface area contributed by atoms with Crippen molar-refractivity contribution in [3.63, 3.8) is 0 Å². The van der Waals surface area contributed by atoms with Crippen molar-refractivity contribution in [1.29, 1.82) is 0 Å². The normalized spacial score (nSPS) is 12.9. The third-order valence-corrected chi connectivity index (χ3v) is 4.88. The summed E-state index contributed by atoms with van der Waals surface area (Å²) >= 11 is 0. The summed E-state index contributed by atoms with van der Waals surface area (Å²) in [4.78, 5) is 20.7. The Bertz CT molecular complexity index is 1010. The number of hydrogen-bond acceptors (Lipinski definition) is 4. The molecule has 2 N–H and O–H groups in total.